The highest BCUT2D eigenvalue weighted by Crippen LogP contribution is 2.32. The first kappa shape index (κ1) is 19.8. The van der Waals surface area contributed by atoms with Crippen LogP contribution < -0.4 is 5.32 Å². The van der Waals surface area contributed by atoms with E-state index in [1.807, 2.05) is 24.3 Å². The van der Waals surface area contributed by atoms with Crippen LogP contribution in [0.4, 0.5) is 5.69 Å². The van der Waals surface area contributed by atoms with Crippen LogP contribution in [0.2, 0.25) is 0 Å². The van der Waals surface area contributed by atoms with Gasteiger partial charge in [-0.15, -0.1) is 0 Å². The van der Waals surface area contributed by atoms with Gasteiger partial charge in [-0.2, -0.15) is 0 Å². The third-order valence-electron chi connectivity index (χ3n) is 4.65. The summed E-state index contributed by atoms with van der Waals surface area (Å²) in [5.41, 5.74) is 4.59. The van der Waals surface area contributed by atoms with Gasteiger partial charge in [-0.3, -0.25) is 9.78 Å². The van der Waals surface area contributed by atoms with Gasteiger partial charge in [-0.05, 0) is 29.7 Å². The number of methoxy groups -OCH3 is 1. The highest BCUT2D eigenvalue weighted by Gasteiger charge is 2.16. The molecular weight excluding hydrogens is 348 g/mol. The third-order valence-corrected chi connectivity index (χ3v) is 4.65. The molecule has 4 nitrogen and oxygen atoms in total. The maximum atomic E-state index is 12.0. The molecular formula is C24H26N2O2. The number of nitrogens with one attached hydrogen (secondary N) is 1. The number of carbonyl (C=O) groups excluding carboxylic acids is 1. The summed E-state index contributed by atoms with van der Waals surface area (Å²) in [6.45, 7) is 10.4. The number of aromatic nitrogens is 1. The standard InChI is InChI=1S/C24H26N2O2/c1-6-22(27)26-23-18(15-28-5)13-11-16-10-12-17(14-19(16)23)20-8-7-9-21(25-20)24(2,3)4/h6-14H,1,15H2,2-5H3,(H,26,27). The van der Waals surface area contributed by atoms with E-state index in [0.717, 1.165) is 39.0 Å². The van der Waals surface area contributed by atoms with E-state index in [9.17, 15) is 4.79 Å². The molecule has 0 aliphatic heterocycles. The summed E-state index contributed by atoms with van der Waals surface area (Å²) in [5, 5.41) is 4.93. The van der Waals surface area contributed by atoms with Crippen LogP contribution in [-0.4, -0.2) is 18.0 Å². The Kier molecular flexibility index (Phi) is 5.61. The second-order valence-electron chi connectivity index (χ2n) is 7.82. The Labute approximate surface area is 166 Å². The minimum atomic E-state index is -0.247. The number of anilines is 1. The van der Waals surface area contributed by atoms with Gasteiger partial charge in [0.25, 0.3) is 0 Å². The molecule has 144 valence electrons. The summed E-state index contributed by atoms with van der Waals surface area (Å²) in [6, 6.07) is 16.3. The summed E-state index contributed by atoms with van der Waals surface area (Å²) in [4.78, 5) is 16.9. The molecule has 1 heterocycles. The van der Waals surface area contributed by atoms with Crippen LogP contribution in [-0.2, 0) is 21.6 Å². The molecule has 3 aromatic rings. The van der Waals surface area contributed by atoms with Gasteiger partial charge in [0, 0.05) is 34.7 Å². The summed E-state index contributed by atoms with van der Waals surface area (Å²) in [5.74, 6) is -0.247. The van der Waals surface area contributed by atoms with E-state index in [1.165, 1.54) is 6.08 Å². The molecule has 0 atom stereocenters. The fourth-order valence-corrected chi connectivity index (χ4v) is 3.13. The Morgan fingerprint density at radius 3 is 2.61 bits per heavy atom. The number of ether oxygens (including phenoxy) is 1. The molecule has 3 rings (SSSR count). The van der Waals surface area contributed by atoms with E-state index in [4.69, 9.17) is 9.72 Å². The molecule has 0 radical (unpaired) electrons. The number of fused-ring (bicyclic) bond motifs is 1. The van der Waals surface area contributed by atoms with E-state index >= 15 is 0 Å². The first-order chi connectivity index (χ1) is 13.3. The fraction of sp³-hybridized carbons (Fsp3) is 0.250. The van der Waals surface area contributed by atoms with Crippen LogP contribution in [0.1, 0.15) is 32.0 Å². The molecule has 1 amide bonds. The van der Waals surface area contributed by atoms with Crippen LogP contribution in [0.15, 0.2) is 61.2 Å². The van der Waals surface area contributed by atoms with Crippen molar-refractivity contribution in [3.05, 3.63) is 72.4 Å². The zero-order chi connectivity index (χ0) is 20.3. The Bertz CT molecular complexity index is 1030. The van der Waals surface area contributed by atoms with E-state index < -0.39 is 0 Å². The minimum absolute atomic E-state index is 0.0262. The van der Waals surface area contributed by atoms with Gasteiger partial charge in [0.15, 0.2) is 0 Å². The quantitative estimate of drug-likeness (QED) is 0.603. The van der Waals surface area contributed by atoms with Crippen LogP contribution in [0.5, 0.6) is 0 Å². The van der Waals surface area contributed by atoms with Gasteiger partial charge in [-0.1, -0.05) is 57.7 Å². The van der Waals surface area contributed by atoms with Crippen molar-refractivity contribution in [2.24, 2.45) is 0 Å². The number of hydrogen-bond donors (Lipinski definition) is 1. The number of rotatable bonds is 5. The van der Waals surface area contributed by atoms with E-state index in [0.29, 0.717) is 6.61 Å². The second kappa shape index (κ2) is 7.95. The largest absolute Gasteiger partial charge is 0.380 e. The topological polar surface area (TPSA) is 51.2 Å². The maximum Gasteiger partial charge on any atom is 0.247 e. The lowest BCUT2D eigenvalue weighted by molar-refractivity contribution is -0.111. The molecule has 28 heavy (non-hydrogen) atoms. The fourth-order valence-electron chi connectivity index (χ4n) is 3.13. The van der Waals surface area contributed by atoms with Crippen LogP contribution in [0.25, 0.3) is 22.0 Å². The summed E-state index contributed by atoms with van der Waals surface area (Å²) in [7, 11) is 1.64. The van der Waals surface area contributed by atoms with Crippen LogP contribution >= 0.6 is 0 Å². The molecule has 0 fully saturated rings. The Morgan fingerprint density at radius 2 is 1.93 bits per heavy atom. The van der Waals surface area contributed by atoms with Gasteiger partial charge in [0.05, 0.1) is 18.0 Å². The lowest BCUT2D eigenvalue weighted by atomic mass is 9.91. The Hall–Kier alpha value is -2.98. The molecule has 0 aliphatic rings. The van der Waals surface area contributed by atoms with Gasteiger partial charge < -0.3 is 10.1 Å². The first-order valence-corrected chi connectivity index (χ1v) is 9.29. The molecule has 0 saturated carbocycles. The maximum absolute atomic E-state index is 12.0. The summed E-state index contributed by atoms with van der Waals surface area (Å²) < 4.78 is 5.31. The zero-order valence-corrected chi connectivity index (χ0v) is 16.9. The van der Waals surface area contributed by atoms with Gasteiger partial charge >= 0.3 is 0 Å². The van der Waals surface area contributed by atoms with Crippen molar-refractivity contribution in [2.75, 3.05) is 12.4 Å². The Balaban J connectivity index is 2.17. The van der Waals surface area contributed by atoms with E-state index in [-0.39, 0.29) is 11.3 Å². The van der Waals surface area contributed by atoms with Crippen molar-refractivity contribution in [2.45, 2.75) is 32.8 Å². The molecule has 4 heteroatoms. The summed E-state index contributed by atoms with van der Waals surface area (Å²) >= 11 is 0. The monoisotopic (exact) mass is 374 g/mol. The first-order valence-electron chi connectivity index (χ1n) is 9.29. The van der Waals surface area contributed by atoms with E-state index in [1.54, 1.807) is 7.11 Å². The number of amides is 1. The highest BCUT2D eigenvalue weighted by molar-refractivity contribution is 6.07. The average Bonchev–Trinajstić information content (AvgIpc) is 2.68. The van der Waals surface area contributed by atoms with Crippen molar-refractivity contribution < 1.29 is 9.53 Å². The predicted molar refractivity (Wildman–Crippen MR) is 115 cm³/mol. The Morgan fingerprint density at radius 1 is 1.18 bits per heavy atom. The molecule has 2 aromatic carbocycles. The van der Waals surface area contributed by atoms with Gasteiger partial charge in [0.2, 0.25) is 5.91 Å². The number of pyridine rings is 1. The molecule has 0 saturated heterocycles. The highest BCUT2D eigenvalue weighted by atomic mass is 16.5. The molecule has 0 spiro atoms. The predicted octanol–water partition coefficient (Wildman–Crippen LogP) is 5.47. The van der Waals surface area contributed by atoms with E-state index in [2.05, 4.69) is 56.9 Å². The molecule has 0 unspecified atom stereocenters. The van der Waals surface area contributed by atoms with Crippen LogP contribution in [0.3, 0.4) is 0 Å². The van der Waals surface area contributed by atoms with Crippen molar-refractivity contribution in [3.63, 3.8) is 0 Å². The normalized spacial score (nSPS) is 11.4. The van der Waals surface area contributed by atoms with Crippen LogP contribution in [0, 0.1) is 0 Å². The lowest BCUT2D eigenvalue weighted by Crippen LogP contribution is -2.13. The van der Waals surface area contributed by atoms with Crippen molar-refractivity contribution in [1.82, 2.24) is 4.98 Å². The minimum Gasteiger partial charge on any atom is -0.380 e. The van der Waals surface area contributed by atoms with Gasteiger partial charge in [-0.25, -0.2) is 0 Å². The number of carbonyl (C=O) groups is 1. The summed E-state index contributed by atoms with van der Waals surface area (Å²) in [6.07, 6.45) is 1.27. The number of benzene rings is 2. The average molecular weight is 374 g/mol. The third kappa shape index (κ3) is 4.12. The zero-order valence-electron chi connectivity index (χ0n) is 16.9. The SMILES string of the molecule is C=CC(=O)Nc1c(COC)ccc2ccc(-c3cccc(C(C)(C)C)n3)cc12. The molecule has 1 N–H and O–H groups in total. The number of nitrogens with zero attached hydrogens (tertiary/aromatic N) is 1. The molecule has 0 bridgehead atoms. The van der Waals surface area contributed by atoms with Crippen molar-refractivity contribution in [3.8, 4) is 11.3 Å². The lowest BCUT2D eigenvalue weighted by Gasteiger charge is -2.19. The molecule has 1 aromatic heterocycles. The van der Waals surface area contributed by atoms with Crippen molar-refractivity contribution >= 4 is 22.4 Å². The molecule has 0 aliphatic carbocycles. The number of hydrogen-bond acceptors (Lipinski definition) is 3. The second-order valence-corrected chi connectivity index (χ2v) is 7.82. The van der Waals surface area contributed by atoms with Gasteiger partial charge in [0.1, 0.15) is 0 Å². The van der Waals surface area contributed by atoms with Crippen molar-refractivity contribution in [1.29, 1.82) is 0 Å². The smallest absolute Gasteiger partial charge is 0.247 e.